The van der Waals surface area contributed by atoms with E-state index in [4.69, 9.17) is 5.73 Å². The quantitative estimate of drug-likeness (QED) is 0.695. The highest BCUT2D eigenvalue weighted by molar-refractivity contribution is 7.89. The van der Waals surface area contributed by atoms with Gasteiger partial charge in [-0.05, 0) is 30.5 Å². The number of carbonyl (C=O) groups excluding carboxylic acids is 1. The first-order valence-corrected chi connectivity index (χ1v) is 7.25. The van der Waals surface area contributed by atoms with Crippen LogP contribution in [0.1, 0.15) is 18.4 Å². The third-order valence-electron chi connectivity index (χ3n) is 2.47. The van der Waals surface area contributed by atoms with Gasteiger partial charge in [0.05, 0.1) is 5.75 Å². The molecule has 0 aliphatic heterocycles. The summed E-state index contributed by atoms with van der Waals surface area (Å²) in [7, 11) is -3.69. The number of nitrogen functional groups attached to an aromatic ring is 1. The minimum atomic E-state index is -3.69. The number of benzene rings is 1. The smallest absolute Gasteiger partial charge is 0.328 e. The van der Waals surface area contributed by atoms with Crippen LogP contribution in [-0.4, -0.2) is 20.5 Å². The lowest BCUT2D eigenvalue weighted by Crippen LogP contribution is -2.40. The molecule has 1 fully saturated rings. The molecule has 1 saturated carbocycles. The van der Waals surface area contributed by atoms with Crippen molar-refractivity contribution in [1.29, 1.82) is 0 Å². The van der Waals surface area contributed by atoms with Crippen LogP contribution in [0.4, 0.5) is 10.5 Å². The highest BCUT2D eigenvalue weighted by Gasteiger charge is 2.25. The van der Waals surface area contributed by atoms with Crippen molar-refractivity contribution in [3.05, 3.63) is 29.8 Å². The van der Waals surface area contributed by atoms with Crippen LogP contribution in [0.3, 0.4) is 0 Å². The number of amides is 2. The molecule has 7 heteroatoms. The van der Waals surface area contributed by atoms with Crippen molar-refractivity contribution >= 4 is 21.7 Å². The molecule has 18 heavy (non-hydrogen) atoms. The molecule has 4 N–H and O–H groups in total. The van der Waals surface area contributed by atoms with E-state index < -0.39 is 16.1 Å². The zero-order chi connectivity index (χ0) is 13.2. The lowest BCUT2D eigenvalue weighted by atomic mass is 10.2. The number of hydrogen-bond acceptors (Lipinski definition) is 4. The Morgan fingerprint density at radius 1 is 1.39 bits per heavy atom. The molecule has 0 saturated heterocycles. The van der Waals surface area contributed by atoms with E-state index >= 15 is 0 Å². The average Bonchev–Trinajstić information content (AvgIpc) is 2.99. The number of anilines is 1. The molecule has 0 heterocycles. The van der Waals surface area contributed by atoms with Crippen molar-refractivity contribution in [3.8, 4) is 0 Å². The summed E-state index contributed by atoms with van der Waals surface area (Å²) in [5.41, 5.74) is 6.59. The van der Waals surface area contributed by atoms with Crippen LogP contribution in [0.25, 0.3) is 0 Å². The second-order valence-corrected chi connectivity index (χ2v) is 6.08. The maximum atomic E-state index is 11.7. The Bertz CT molecular complexity index is 552. The third-order valence-corrected chi connectivity index (χ3v) is 3.68. The van der Waals surface area contributed by atoms with Gasteiger partial charge in [0.25, 0.3) is 0 Å². The Kier molecular flexibility index (Phi) is 3.42. The van der Waals surface area contributed by atoms with Crippen LogP contribution in [0, 0.1) is 0 Å². The number of nitrogens with one attached hydrogen (secondary N) is 2. The van der Waals surface area contributed by atoms with Crippen LogP contribution < -0.4 is 15.8 Å². The molecule has 1 aliphatic rings. The van der Waals surface area contributed by atoms with Crippen molar-refractivity contribution < 1.29 is 13.2 Å². The molecule has 0 radical (unpaired) electrons. The molecule has 1 aromatic carbocycles. The first kappa shape index (κ1) is 12.7. The van der Waals surface area contributed by atoms with E-state index in [2.05, 4.69) is 5.32 Å². The topological polar surface area (TPSA) is 101 Å². The average molecular weight is 269 g/mol. The van der Waals surface area contributed by atoms with Gasteiger partial charge in [0.2, 0.25) is 10.0 Å². The number of carbonyl (C=O) groups is 1. The van der Waals surface area contributed by atoms with Gasteiger partial charge in [-0.25, -0.2) is 17.9 Å². The zero-order valence-electron chi connectivity index (χ0n) is 9.72. The molecular weight excluding hydrogens is 254 g/mol. The first-order valence-electron chi connectivity index (χ1n) is 5.60. The normalized spacial score (nSPS) is 15.1. The van der Waals surface area contributed by atoms with Gasteiger partial charge in [-0.1, -0.05) is 12.1 Å². The van der Waals surface area contributed by atoms with E-state index in [9.17, 15) is 13.2 Å². The van der Waals surface area contributed by atoms with E-state index in [1.165, 1.54) is 0 Å². The number of nitrogens with two attached hydrogens (primary N) is 1. The summed E-state index contributed by atoms with van der Waals surface area (Å²) < 4.78 is 25.4. The molecule has 98 valence electrons. The molecule has 0 unspecified atom stereocenters. The van der Waals surface area contributed by atoms with E-state index in [1.54, 1.807) is 24.3 Å². The summed E-state index contributed by atoms with van der Waals surface area (Å²) in [6.07, 6.45) is 1.81. The van der Waals surface area contributed by atoms with Crippen LogP contribution in [-0.2, 0) is 15.8 Å². The standard InChI is InChI=1S/C11H15N3O3S/c12-9-3-1-2-8(6-9)7-18(16,17)14-11(15)13-10-4-5-10/h1-3,6,10H,4-5,7,12H2,(H2,13,14,15). The predicted molar refractivity (Wildman–Crippen MR) is 68.2 cm³/mol. The van der Waals surface area contributed by atoms with Crippen molar-refractivity contribution in [2.24, 2.45) is 0 Å². The number of hydrogen-bond donors (Lipinski definition) is 3. The van der Waals surface area contributed by atoms with E-state index in [0.29, 0.717) is 11.3 Å². The summed E-state index contributed by atoms with van der Waals surface area (Å²) in [5, 5.41) is 2.55. The second-order valence-electron chi connectivity index (χ2n) is 4.35. The highest BCUT2D eigenvalue weighted by atomic mass is 32.2. The Balaban J connectivity index is 1.95. The SMILES string of the molecule is Nc1cccc(CS(=O)(=O)NC(=O)NC2CC2)c1. The predicted octanol–water partition coefficient (Wildman–Crippen LogP) is 0.560. The molecule has 6 nitrogen and oxygen atoms in total. The van der Waals surface area contributed by atoms with E-state index in [0.717, 1.165) is 12.8 Å². The van der Waals surface area contributed by atoms with Crippen molar-refractivity contribution in [3.63, 3.8) is 0 Å². The number of rotatable bonds is 4. The van der Waals surface area contributed by atoms with Crippen LogP contribution >= 0.6 is 0 Å². The summed E-state index contributed by atoms with van der Waals surface area (Å²) in [5.74, 6) is -0.268. The molecule has 0 spiro atoms. The molecule has 0 aromatic heterocycles. The van der Waals surface area contributed by atoms with Gasteiger partial charge in [-0.2, -0.15) is 0 Å². The van der Waals surface area contributed by atoms with E-state index in [-0.39, 0.29) is 11.8 Å². The molecule has 1 aliphatic carbocycles. The van der Waals surface area contributed by atoms with Crippen LogP contribution in [0.5, 0.6) is 0 Å². The van der Waals surface area contributed by atoms with Crippen molar-refractivity contribution in [1.82, 2.24) is 10.0 Å². The van der Waals surface area contributed by atoms with Gasteiger partial charge in [0.1, 0.15) is 0 Å². The summed E-state index contributed by atoms with van der Waals surface area (Å²) in [6, 6.07) is 6.01. The minimum Gasteiger partial charge on any atom is -0.399 e. The molecule has 0 atom stereocenters. The minimum absolute atomic E-state index is 0.118. The van der Waals surface area contributed by atoms with Crippen molar-refractivity contribution in [2.45, 2.75) is 24.6 Å². The fourth-order valence-corrected chi connectivity index (χ4v) is 2.55. The monoisotopic (exact) mass is 269 g/mol. The molecule has 2 rings (SSSR count). The highest BCUT2D eigenvalue weighted by Crippen LogP contribution is 2.18. The Morgan fingerprint density at radius 3 is 2.72 bits per heavy atom. The summed E-state index contributed by atoms with van der Waals surface area (Å²) >= 11 is 0. The van der Waals surface area contributed by atoms with Crippen LogP contribution in [0.15, 0.2) is 24.3 Å². The lowest BCUT2D eigenvalue weighted by Gasteiger charge is -2.08. The van der Waals surface area contributed by atoms with Gasteiger partial charge in [-0.3, -0.25) is 0 Å². The Labute approximate surface area is 106 Å². The van der Waals surface area contributed by atoms with E-state index in [1.807, 2.05) is 4.72 Å². The fourth-order valence-electron chi connectivity index (χ4n) is 1.52. The Morgan fingerprint density at radius 2 is 2.11 bits per heavy atom. The van der Waals surface area contributed by atoms with Gasteiger partial charge in [0.15, 0.2) is 0 Å². The lowest BCUT2D eigenvalue weighted by molar-refractivity contribution is 0.245. The molecule has 2 amide bonds. The van der Waals surface area contributed by atoms with Gasteiger partial charge < -0.3 is 11.1 Å². The van der Waals surface area contributed by atoms with Gasteiger partial charge in [-0.15, -0.1) is 0 Å². The maximum Gasteiger partial charge on any atom is 0.328 e. The third kappa shape index (κ3) is 3.92. The second kappa shape index (κ2) is 4.85. The molecule has 1 aromatic rings. The Hall–Kier alpha value is -1.76. The fraction of sp³-hybridized carbons (Fsp3) is 0.364. The zero-order valence-corrected chi connectivity index (χ0v) is 10.5. The molecule has 0 bridgehead atoms. The first-order chi connectivity index (χ1) is 8.44. The van der Waals surface area contributed by atoms with Gasteiger partial charge in [0, 0.05) is 11.7 Å². The largest absolute Gasteiger partial charge is 0.399 e. The molecular formula is C11H15N3O3S. The van der Waals surface area contributed by atoms with Crippen LogP contribution in [0.2, 0.25) is 0 Å². The van der Waals surface area contributed by atoms with Gasteiger partial charge >= 0.3 is 6.03 Å². The summed E-state index contributed by atoms with van der Waals surface area (Å²) in [6.45, 7) is 0. The number of sulfonamides is 1. The summed E-state index contributed by atoms with van der Waals surface area (Å²) in [4.78, 5) is 11.3. The number of urea groups is 1. The van der Waals surface area contributed by atoms with Crippen molar-refractivity contribution in [2.75, 3.05) is 5.73 Å². The maximum absolute atomic E-state index is 11.7.